The summed E-state index contributed by atoms with van der Waals surface area (Å²) in [5.74, 6) is -0.154. The minimum atomic E-state index is -4.58. The third-order valence-corrected chi connectivity index (χ3v) is 20.5. The number of hydrogen-bond acceptors (Lipinski definition) is 6. The summed E-state index contributed by atoms with van der Waals surface area (Å²) in [5.41, 5.74) is 0. The van der Waals surface area contributed by atoms with E-state index in [4.69, 9.17) is 9.05 Å². The number of rotatable bonds is 79. The zero-order valence-electron chi connectivity index (χ0n) is 63.9. The summed E-state index contributed by atoms with van der Waals surface area (Å²) < 4.78 is 23.6. The van der Waals surface area contributed by atoms with Crippen molar-refractivity contribution >= 4 is 13.7 Å². The molecule has 9 heteroatoms. The number of nitrogens with one attached hydrogen (secondary N) is 1. The summed E-state index contributed by atoms with van der Waals surface area (Å²) >= 11 is 0. The van der Waals surface area contributed by atoms with Crippen LogP contribution in [0.3, 0.4) is 0 Å². The van der Waals surface area contributed by atoms with Crippen molar-refractivity contribution in [2.45, 2.75) is 450 Å². The Labute approximate surface area is 588 Å². The van der Waals surface area contributed by atoms with Crippen LogP contribution in [-0.2, 0) is 18.4 Å². The normalized spacial score (nSPS) is 13.6. The third kappa shape index (κ3) is 77.8. The second kappa shape index (κ2) is 75.7. The van der Waals surface area contributed by atoms with Gasteiger partial charge in [-0.15, -0.1) is 0 Å². The molecule has 94 heavy (non-hydrogen) atoms. The predicted octanol–water partition coefficient (Wildman–Crippen LogP) is 27.1. The molecule has 1 amide bonds. The lowest BCUT2D eigenvalue weighted by Crippen LogP contribution is -2.46. The average molecular weight is 1340 g/mol. The Balaban J connectivity index is 3.86. The molecule has 0 aliphatic carbocycles. The molecule has 0 aromatic carbocycles. The third-order valence-electron chi connectivity index (χ3n) is 19.6. The van der Waals surface area contributed by atoms with Crippen molar-refractivity contribution in [2.75, 3.05) is 40.9 Å². The molecule has 0 spiro atoms. The number of carbonyl (C=O) groups is 1. The number of amides is 1. The Morgan fingerprint density at radius 1 is 0.383 bits per heavy atom. The molecular formula is C85H165N2O6P. The highest BCUT2D eigenvalue weighted by molar-refractivity contribution is 7.45. The zero-order chi connectivity index (χ0) is 68.3. The van der Waals surface area contributed by atoms with Gasteiger partial charge in [-0.3, -0.25) is 9.36 Å². The molecule has 0 aliphatic rings. The van der Waals surface area contributed by atoms with Crippen molar-refractivity contribution in [2.24, 2.45) is 0 Å². The molecule has 0 aromatic heterocycles. The van der Waals surface area contributed by atoms with Crippen LogP contribution < -0.4 is 10.2 Å². The minimum absolute atomic E-state index is 0.0151. The highest BCUT2D eigenvalue weighted by Crippen LogP contribution is 2.38. The molecule has 0 rings (SSSR count). The lowest BCUT2D eigenvalue weighted by molar-refractivity contribution is -0.870. The molecule has 3 unspecified atom stereocenters. The first-order valence-electron chi connectivity index (χ1n) is 42.0. The number of nitrogens with zero attached hydrogens (tertiary/aromatic N) is 1. The molecule has 0 aromatic rings. The number of hydrogen-bond donors (Lipinski definition) is 2. The Morgan fingerprint density at radius 2 is 0.649 bits per heavy atom. The zero-order valence-corrected chi connectivity index (χ0v) is 64.8. The number of likely N-dealkylation sites (N-methyl/N-ethyl adjacent to an activating group) is 1. The SMILES string of the molecule is CC/C=C\C/C=C\C/C=C\C/C=C\CCCCCCCCCCCCCCCCCCCCCCCCCCCCCCC(=O)NC(COP(=O)([O-])OCC[N+](C)(C)C)C(O)CCCCCCCCCCCCCCCCCCCCCCCCCCCCCCCCC. The van der Waals surface area contributed by atoms with E-state index < -0.39 is 20.0 Å². The second-order valence-electron chi connectivity index (χ2n) is 30.2. The lowest BCUT2D eigenvalue weighted by atomic mass is 10.0. The van der Waals surface area contributed by atoms with Crippen LogP contribution in [-0.4, -0.2) is 68.5 Å². The van der Waals surface area contributed by atoms with Crippen LogP contribution in [0.2, 0.25) is 0 Å². The number of aliphatic hydroxyl groups is 1. The van der Waals surface area contributed by atoms with Gasteiger partial charge in [-0.2, -0.15) is 0 Å². The van der Waals surface area contributed by atoms with Crippen molar-refractivity contribution in [1.29, 1.82) is 0 Å². The Bertz CT molecular complexity index is 1680. The van der Waals surface area contributed by atoms with Gasteiger partial charge in [0, 0.05) is 6.42 Å². The molecule has 0 fully saturated rings. The van der Waals surface area contributed by atoms with Gasteiger partial charge in [-0.05, 0) is 51.4 Å². The van der Waals surface area contributed by atoms with E-state index in [-0.39, 0.29) is 19.1 Å². The largest absolute Gasteiger partial charge is 0.756 e. The molecule has 0 bridgehead atoms. The maximum absolute atomic E-state index is 13.1. The molecular weight excluding hydrogens is 1180 g/mol. The average Bonchev–Trinajstić information content (AvgIpc) is 1.77. The summed E-state index contributed by atoms with van der Waals surface area (Å²) in [6, 6.07) is -0.801. The monoisotopic (exact) mass is 1340 g/mol. The summed E-state index contributed by atoms with van der Waals surface area (Å²) in [7, 11) is 1.33. The smallest absolute Gasteiger partial charge is 0.268 e. The van der Waals surface area contributed by atoms with E-state index >= 15 is 0 Å². The van der Waals surface area contributed by atoms with Gasteiger partial charge in [0.15, 0.2) is 0 Å². The number of phosphoric acid groups is 1. The fraction of sp³-hybridized carbons (Fsp3) is 0.894. The van der Waals surface area contributed by atoms with Crippen molar-refractivity contribution in [3.63, 3.8) is 0 Å². The van der Waals surface area contributed by atoms with Gasteiger partial charge in [0.2, 0.25) is 5.91 Å². The molecule has 2 N–H and O–H groups in total. The van der Waals surface area contributed by atoms with E-state index in [2.05, 4.69) is 67.8 Å². The van der Waals surface area contributed by atoms with Crippen LogP contribution >= 0.6 is 7.82 Å². The van der Waals surface area contributed by atoms with Crippen molar-refractivity contribution in [3.05, 3.63) is 48.6 Å². The van der Waals surface area contributed by atoms with Gasteiger partial charge in [-0.25, -0.2) is 0 Å². The predicted molar refractivity (Wildman–Crippen MR) is 413 cm³/mol. The van der Waals surface area contributed by atoms with E-state index in [0.29, 0.717) is 23.9 Å². The maximum Gasteiger partial charge on any atom is 0.268 e. The van der Waals surface area contributed by atoms with Crippen LogP contribution in [0.1, 0.15) is 438 Å². The molecule has 0 saturated carbocycles. The molecule has 0 aliphatic heterocycles. The Hall–Kier alpha value is -1.54. The van der Waals surface area contributed by atoms with Gasteiger partial charge in [0.05, 0.1) is 39.9 Å². The highest BCUT2D eigenvalue weighted by Gasteiger charge is 2.24. The molecule has 0 heterocycles. The van der Waals surface area contributed by atoms with Gasteiger partial charge in [0.25, 0.3) is 7.82 Å². The lowest BCUT2D eigenvalue weighted by Gasteiger charge is -2.30. The number of allylic oxidation sites excluding steroid dienone is 8. The van der Waals surface area contributed by atoms with Crippen LogP contribution in [0.25, 0.3) is 0 Å². The first-order valence-corrected chi connectivity index (χ1v) is 43.4. The van der Waals surface area contributed by atoms with Crippen LogP contribution in [0, 0.1) is 0 Å². The highest BCUT2D eigenvalue weighted by atomic mass is 31.2. The fourth-order valence-electron chi connectivity index (χ4n) is 13.2. The van der Waals surface area contributed by atoms with Gasteiger partial charge in [-0.1, -0.05) is 428 Å². The quantitative estimate of drug-likeness (QED) is 0.0272. The summed E-state index contributed by atoms with van der Waals surface area (Å²) in [6.07, 6.45) is 104. The Morgan fingerprint density at radius 3 is 0.947 bits per heavy atom. The van der Waals surface area contributed by atoms with E-state index in [1.807, 2.05) is 21.1 Å². The van der Waals surface area contributed by atoms with Crippen molar-refractivity contribution in [1.82, 2.24) is 5.32 Å². The van der Waals surface area contributed by atoms with Crippen molar-refractivity contribution in [3.8, 4) is 0 Å². The van der Waals surface area contributed by atoms with Gasteiger partial charge in [0.1, 0.15) is 13.2 Å². The summed E-state index contributed by atoms with van der Waals surface area (Å²) in [6.45, 7) is 4.68. The van der Waals surface area contributed by atoms with Crippen LogP contribution in [0.15, 0.2) is 48.6 Å². The van der Waals surface area contributed by atoms with E-state index in [0.717, 1.165) is 64.2 Å². The summed E-state index contributed by atoms with van der Waals surface area (Å²) in [4.78, 5) is 25.8. The molecule has 0 saturated heterocycles. The Kier molecular flexibility index (Phi) is 74.4. The first-order chi connectivity index (χ1) is 46.0. The first kappa shape index (κ1) is 92.5. The van der Waals surface area contributed by atoms with Crippen LogP contribution in [0.5, 0.6) is 0 Å². The summed E-state index contributed by atoms with van der Waals surface area (Å²) in [5, 5.41) is 14.2. The number of unbranched alkanes of at least 4 members (excludes halogenated alkanes) is 58. The van der Waals surface area contributed by atoms with Gasteiger partial charge < -0.3 is 28.8 Å². The standard InChI is InChI=1S/C85H165N2O6P/c1-6-8-10-12-14-16-18-20-22-24-26-28-30-32-34-36-38-39-40-41-42-43-44-45-46-47-49-51-53-55-57-59-61-63-65-67-69-71-73-75-77-79-85(89)86-83(82-93-94(90,91)92-81-80-87(3,4)5)84(88)78-76-74-72-70-68-66-64-62-60-58-56-54-52-50-48-37-35-33-31-29-27-25-23-21-19-17-15-13-11-9-7-2/h8,10,14,16,20,22,26,28,83-84,88H,6-7,9,11-13,15,17-19,21,23-25,27,29-82H2,1-5H3,(H-,86,89,90,91)/b10-8-,16-14-,22-20-,28-26-. The number of carbonyl (C=O) groups excluding carboxylic acids is 1. The molecule has 3 atom stereocenters. The van der Waals surface area contributed by atoms with E-state index in [1.165, 1.54) is 347 Å². The van der Waals surface area contributed by atoms with E-state index in [9.17, 15) is 19.4 Å². The topological polar surface area (TPSA) is 108 Å². The second-order valence-corrected chi connectivity index (χ2v) is 31.6. The van der Waals surface area contributed by atoms with Crippen molar-refractivity contribution < 1.29 is 32.9 Å². The van der Waals surface area contributed by atoms with Crippen LogP contribution in [0.4, 0.5) is 0 Å². The number of aliphatic hydroxyl groups excluding tert-OH is 1. The fourth-order valence-corrected chi connectivity index (χ4v) is 13.9. The van der Waals surface area contributed by atoms with E-state index in [1.54, 1.807) is 0 Å². The number of quaternary nitrogens is 1. The molecule has 0 radical (unpaired) electrons. The van der Waals surface area contributed by atoms with Gasteiger partial charge >= 0.3 is 0 Å². The number of phosphoric ester groups is 1. The minimum Gasteiger partial charge on any atom is -0.756 e. The maximum atomic E-state index is 13.1. The molecule has 556 valence electrons. The molecule has 8 nitrogen and oxygen atoms in total.